The number of nitrogens with zero attached hydrogens (tertiary/aromatic N) is 2. The number of rotatable bonds is 8. The first-order valence-electron chi connectivity index (χ1n) is 9.65. The van der Waals surface area contributed by atoms with Crippen molar-refractivity contribution in [2.24, 2.45) is 10.9 Å². The van der Waals surface area contributed by atoms with Crippen LogP contribution in [-0.4, -0.2) is 31.1 Å². The number of fused-ring (bicyclic) bond motifs is 1. The van der Waals surface area contributed by atoms with E-state index in [4.69, 9.17) is 4.74 Å². The Hall–Kier alpha value is -2.92. The van der Waals surface area contributed by atoms with Crippen molar-refractivity contribution in [3.8, 4) is 0 Å². The third-order valence-corrected chi connectivity index (χ3v) is 4.54. The van der Waals surface area contributed by atoms with Gasteiger partial charge in [0.1, 0.15) is 0 Å². The molecule has 1 atom stereocenters. The lowest BCUT2D eigenvalue weighted by molar-refractivity contribution is 0.0931. The molecule has 1 aromatic heterocycles. The molecule has 2 N–H and O–H groups in total. The van der Waals surface area contributed by atoms with E-state index >= 15 is 0 Å². The first-order valence-corrected chi connectivity index (χ1v) is 9.65. The minimum Gasteiger partial charge on any atom is -0.376 e. The molecule has 0 aliphatic heterocycles. The van der Waals surface area contributed by atoms with Crippen molar-refractivity contribution in [2.45, 2.75) is 20.1 Å². The molecule has 1 heterocycles. The van der Waals surface area contributed by atoms with E-state index in [1.807, 2.05) is 48.7 Å². The van der Waals surface area contributed by atoms with Crippen LogP contribution in [0.25, 0.3) is 10.9 Å². The summed E-state index contributed by atoms with van der Waals surface area (Å²) in [5.74, 6) is 1.17. The predicted octanol–water partition coefficient (Wildman–Crippen LogP) is 3.75. The van der Waals surface area contributed by atoms with Crippen LogP contribution in [-0.2, 0) is 17.9 Å². The van der Waals surface area contributed by atoms with Crippen molar-refractivity contribution in [1.29, 1.82) is 0 Å². The standard InChI is InChI=1S/C23H28N4O/c1-18(16-28-17-19-8-4-3-5-9-19)14-26-23(24-2)27-15-20-12-13-25-22-11-7-6-10-21(20)22/h3-13,18H,14-17H2,1-2H3,(H2,24,26,27). The topological polar surface area (TPSA) is 58.5 Å². The molecular formula is C23H28N4O. The van der Waals surface area contributed by atoms with E-state index in [9.17, 15) is 0 Å². The number of aromatic nitrogens is 1. The first kappa shape index (κ1) is 19.8. The molecule has 0 radical (unpaired) electrons. The Morgan fingerprint density at radius 2 is 1.82 bits per heavy atom. The molecule has 28 heavy (non-hydrogen) atoms. The number of hydrogen-bond acceptors (Lipinski definition) is 3. The summed E-state index contributed by atoms with van der Waals surface area (Å²) in [7, 11) is 1.79. The van der Waals surface area contributed by atoms with Crippen LogP contribution >= 0.6 is 0 Å². The fourth-order valence-corrected chi connectivity index (χ4v) is 2.99. The monoisotopic (exact) mass is 376 g/mol. The normalized spacial score (nSPS) is 12.7. The number of aliphatic imine (C=N–C) groups is 1. The van der Waals surface area contributed by atoms with E-state index in [0.29, 0.717) is 25.7 Å². The highest BCUT2D eigenvalue weighted by atomic mass is 16.5. The van der Waals surface area contributed by atoms with Crippen LogP contribution in [0.2, 0.25) is 0 Å². The van der Waals surface area contributed by atoms with E-state index in [2.05, 4.69) is 45.7 Å². The Kier molecular flexibility index (Phi) is 7.38. The van der Waals surface area contributed by atoms with Gasteiger partial charge in [0.15, 0.2) is 5.96 Å². The lowest BCUT2D eigenvalue weighted by Gasteiger charge is -2.17. The van der Waals surface area contributed by atoms with Crippen LogP contribution in [0.5, 0.6) is 0 Å². The zero-order valence-corrected chi connectivity index (χ0v) is 16.6. The zero-order valence-electron chi connectivity index (χ0n) is 16.6. The van der Waals surface area contributed by atoms with Gasteiger partial charge in [-0.25, -0.2) is 0 Å². The SMILES string of the molecule is CN=C(NCc1ccnc2ccccc12)NCC(C)COCc1ccccc1. The number of hydrogen-bond donors (Lipinski definition) is 2. The van der Waals surface area contributed by atoms with Crippen molar-refractivity contribution in [1.82, 2.24) is 15.6 Å². The minimum atomic E-state index is 0.379. The van der Waals surface area contributed by atoms with Crippen molar-refractivity contribution in [3.63, 3.8) is 0 Å². The third kappa shape index (κ3) is 5.79. The summed E-state index contributed by atoms with van der Waals surface area (Å²) in [5.41, 5.74) is 3.41. The van der Waals surface area contributed by atoms with Crippen molar-refractivity contribution in [2.75, 3.05) is 20.2 Å². The summed E-state index contributed by atoms with van der Waals surface area (Å²) in [6.45, 7) is 5.01. The van der Waals surface area contributed by atoms with Crippen LogP contribution in [0.3, 0.4) is 0 Å². The van der Waals surface area contributed by atoms with E-state index < -0.39 is 0 Å². The lowest BCUT2D eigenvalue weighted by atomic mass is 10.1. The average Bonchev–Trinajstić information content (AvgIpc) is 2.74. The van der Waals surface area contributed by atoms with Gasteiger partial charge in [-0.3, -0.25) is 9.98 Å². The number of nitrogens with one attached hydrogen (secondary N) is 2. The summed E-state index contributed by atoms with van der Waals surface area (Å²) in [6, 6.07) is 20.5. The van der Waals surface area contributed by atoms with Crippen molar-refractivity contribution >= 4 is 16.9 Å². The maximum atomic E-state index is 5.82. The van der Waals surface area contributed by atoms with Gasteiger partial charge < -0.3 is 15.4 Å². The van der Waals surface area contributed by atoms with Gasteiger partial charge in [-0.2, -0.15) is 0 Å². The number of pyridine rings is 1. The molecule has 0 saturated carbocycles. The van der Waals surface area contributed by atoms with Crippen molar-refractivity contribution in [3.05, 3.63) is 78.0 Å². The molecule has 0 amide bonds. The van der Waals surface area contributed by atoms with Gasteiger partial charge in [0.25, 0.3) is 0 Å². The van der Waals surface area contributed by atoms with Crippen LogP contribution in [0.15, 0.2) is 71.9 Å². The van der Waals surface area contributed by atoms with E-state index in [-0.39, 0.29) is 0 Å². The average molecular weight is 377 g/mol. The lowest BCUT2D eigenvalue weighted by Crippen LogP contribution is -2.39. The largest absolute Gasteiger partial charge is 0.376 e. The van der Waals surface area contributed by atoms with Gasteiger partial charge in [0.2, 0.25) is 0 Å². The van der Waals surface area contributed by atoms with Crippen LogP contribution in [0, 0.1) is 5.92 Å². The van der Waals surface area contributed by atoms with Crippen molar-refractivity contribution < 1.29 is 4.74 Å². The van der Waals surface area contributed by atoms with Gasteiger partial charge in [-0.15, -0.1) is 0 Å². The fourth-order valence-electron chi connectivity index (χ4n) is 2.99. The second-order valence-corrected chi connectivity index (χ2v) is 6.90. The molecule has 5 heteroatoms. The minimum absolute atomic E-state index is 0.379. The highest BCUT2D eigenvalue weighted by Crippen LogP contribution is 2.15. The molecule has 5 nitrogen and oxygen atoms in total. The second-order valence-electron chi connectivity index (χ2n) is 6.90. The van der Waals surface area contributed by atoms with Gasteiger partial charge in [0, 0.05) is 31.7 Å². The molecule has 1 unspecified atom stereocenters. The Morgan fingerprint density at radius 3 is 2.64 bits per heavy atom. The van der Waals surface area contributed by atoms with Crippen LogP contribution in [0.1, 0.15) is 18.1 Å². The molecular weight excluding hydrogens is 348 g/mol. The van der Waals surface area contributed by atoms with Crippen LogP contribution < -0.4 is 10.6 Å². The highest BCUT2D eigenvalue weighted by Gasteiger charge is 2.06. The third-order valence-electron chi connectivity index (χ3n) is 4.54. The Labute approximate surface area is 166 Å². The number of ether oxygens (including phenoxy) is 1. The molecule has 0 aliphatic carbocycles. The molecule has 146 valence electrons. The summed E-state index contributed by atoms with van der Waals surface area (Å²) >= 11 is 0. The smallest absolute Gasteiger partial charge is 0.191 e. The molecule has 0 spiro atoms. The summed E-state index contributed by atoms with van der Waals surface area (Å²) < 4.78 is 5.82. The van der Waals surface area contributed by atoms with Gasteiger partial charge in [0.05, 0.1) is 18.7 Å². The molecule has 2 aromatic carbocycles. The number of para-hydroxylation sites is 1. The molecule has 3 rings (SSSR count). The second kappa shape index (κ2) is 10.4. The fraction of sp³-hybridized carbons (Fsp3) is 0.304. The van der Waals surface area contributed by atoms with Gasteiger partial charge in [-0.1, -0.05) is 55.5 Å². The van der Waals surface area contributed by atoms with Crippen LogP contribution in [0.4, 0.5) is 0 Å². The van der Waals surface area contributed by atoms with E-state index in [1.165, 1.54) is 11.1 Å². The van der Waals surface area contributed by atoms with Gasteiger partial charge >= 0.3 is 0 Å². The van der Waals surface area contributed by atoms with E-state index in [0.717, 1.165) is 23.4 Å². The maximum absolute atomic E-state index is 5.82. The highest BCUT2D eigenvalue weighted by molar-refractivity contribution is 5.83. The summed E-state index contributed by atoms with van der Waals surface area (Å²) in [4.78, 5) is 8.73. The molecule has 0 fully saturated rings. The number of guanidine groups is 1. The maximum Gasteiger partial charge on any atom is 0.191 e. The first-order chi connectivity index (χ1) is 13.8. The Morgan fingerprint density at radius 1 is 1.04 bits per heavy atom. The van der Waals surface area contributed by atoms with Gasteiger partial charge in [-0.05, 0) is 29.2 Å². The Bertz CT molecular complexity index is 890. The summed E-state index contributed by atoms with van der Waals surface area (Å²) in [5, 5.41) is 7.93. The Balaban J connectivity index is 1.43. The predicted molar refractivity (Wildman–Crippen MR) is 115 cm³/mol. The number of benzene rings is 2. The quantitative estimate of drug-likeness (QED) is 0.464. The molecule has 0 aliphatic rings. The zero-order chi connectivity index (χ0) is 19.6. The summed E-state index contributed by atoms with van der Waals surface area (Å²) in [6.07, 6.45) is 1.85. The molecule has 0 saturated heterocycles. The molecule has 0 bridgehead atoms. The molecule has 3 aromatic rings. The van der Waals surface area contributed by atoms with E-state index in [1.54, 1.807) is 7.05 Å².